The molecular formula is C12H13N3O2S. The van der Waals surface area contributed by atoms with Crippen LogP contribution >= 0.6 is 11.3 Å². The Kier molecular flexibility index (Phi) is 3.47. The maximum Gasteiger partial charge on any atom is 0.271 e. The Balaban J connectivity index is 2.11. The van der Waals surface area contributed by atoms with Crippen molar-refractivity contribution in [1.82, 2.24) is 0 Å². The number of nitrogens with two attached hydrogens (primary N) is 1. The summed E-state index contributed by atoms with van der Waals surface area (Å²) in [6, 6.07) is 6.50. The van der Waals surface area contributed by atoms with Gasteiger partial charge in [-0.2, -0.15) is 0 Å². The highest BCUT2D eigenvalue weighted by Crippen LogP contribution is 2.25. The minimum atomic E-state index is -0.455. The first kappa shape index (κ1) is 12.4. The molecule has 5 nitrogen and oxygen atoms in total. The third-order valence-electron chi connectivity index (χ3n) is 2.65. The molecule has 3 N–H and O–H groups in total. The lowest BCUT2D eigenvalue weighted by Gasteiger charge is -2.08. The largest absolute Gasteiger partial charge is 0.397 e. The van der Waals surface area contributed by atoms with Gasteiger partial charge in [-0.1, -0.05) is 0 Å². The molecule has 6 heteroatoms. The minimum Gasteiger partial charge on any atom is -0.397 e. The van der Waals surface area contributed by atoms with E-state index in [1.165, 1.54) is 22.6 Å². The molecule has 18 heavy (non-hydrogen) atoms. The summed E-state index contributed by atoms with van der Waals surface area (Å²) in [6.45, 7) is 2.72. The SMILES string of the molecule is Cc1ccsc1CNc1ccc([N+](=O)[O-])cc1N. The maximum absolute atomic E-state index is 10.6. The number of rotatable bonds is 4. The first-order chi connectivity index (χ1) is 8.58. The van der Waals surface area contributed by atoms with Crippen LogP contribution in [0.15, 0.2) is 29.6 Å². The van der Waals surface area contributed by atoms with Crippen LogP contribution in [0.1, 0.15) is 10.4 Å². The lowest BCUT2D eigenvalue weighted by Crippen LogP contribution is -2.02. The van der Waals surface area contributed by atoms with E-state index >= 15 is 0 Å². The molecule has 94 valence electrons. The van der Waals surface area contributed by atoms with Gasteiger partial charge in [0.1, 0.15) is 0 Å². The van der Waals surface area contributed by atoms with E-state index < -0.39 is 4.92 Å². The average molecular weight is 263 g/mol. The summed E-state index contributed by atoms with van der Waals surface area (Å²) >= 11 is 1.67. The zero-order chi connectivity index (χ0) is 13.1. The molecule has 1 aromatic carbocycles. The van der Waals surface area contributed by atoms with Gasteiger partial charge in [0.15, 0.2) is 0 Å². The van der Waals surface area contributed by atoms with E-state index in [0.29, 0.717) is 17.9 Å². The number of nitro groups is 1. The molecule has 0 radical (unpaired) electrons. The van der Waals surface area contributed by atoms with Crippen LogP contribution in [-0.2, 0) is 6.54 Å². The van der Waals surface area contributed by atoms with Crippen LogP contribution in [0, 0.1) is 17.0 Å². The van der Waals surface area contributed by atoms with Gasteiger partial charge < -0.3 is 11.1 Å². The second-order valence-electron chi connectivity index (χ2n) is 3.91. The third-order valence-corrected chi connectivity index (χ3v) is 3.68. The molecule has 0 saturated heterocycles. The van der Waals surface area contributed by atoms with E-state index in [2.05, 4.69) is 11.4 Å². The zero-order valence-corrected chi connectivity index (χ0v) is 10.7. The average Bonchev–Trinajstić information content (AvgIpc) is 2.73. The summed E-state index contributed by atoms with van der Waals surface area (Å²) in [7, 11) is 0. The van der Waals surface area contributed by atoms with Crippen molar-refractivity contribution in [1.29, 1.82) is 0 Å². The Bertz CT molecular complexity index is 580. The highest BCUT2D eigenvalue weighted by atomic mass is 32.1. The Morgan fingerprint density at radius 1 is 1.44 bits per heavy atom. The Hall–Kier alpha value is -2.08. The molecule has 2 aromatic rings. The minimum absolute atomic E-state index is 0.00496. The van der Waals surface area contributed by atoms with Crippen molar-refractivity contribution in [2.24, 2.45) is 0 Å². The highest BCUT2D eigenvalue weighted by Gasteiger charge is 2.08. The van der Waals surface area contributed by atoms with Gasteiger partial charge in [0.05, 0.1) is 16.3 Å². The fourth-order valence-corrected chi connectivity index (χ4v) is 2.43. The Labute approximate surface area is 108 Å². The lowest BCUT2D eigenvalue weighted by molar-refractivity contribution is -0.384. The van der Waals surface area contributed by atoms with Gasteiger partial charge in [-0.3, -0.25) is 10.1 Å². The number of hydrogen-bond donors (Lipinski definition) is 2. The summed E-state index contributed by atoms with van der Waals surface area (Å²) in [5.41, 5.74) is 8.11. The molecule has 0 aliphatic heterocycles. The van der Waals surface area contributed by atoms with Gasteiger partial charge in [0.2, 0.25) is 0 Å². The molecule has 0 aliphatic rings. The van der Waals surface area contributed by atoms with Crippen LogP contribution in [0.3, 0.4) is 0 Å². The van der Waals surface area contributed by atoms with Crippen LogP contribution in [0.5, 0.6) is 0 Å². The molecule has 0 unspecified atom stereocenters. The number of hydrogen-bond acceptors (Lipinski definition) is 5. The predicted molar refractivity (Wildman–Crippen MR) is 73.9 cm³/mol. The van der Waals surface area contributed by atoms with Crippen molar-refractivity contribution >= 4 is 28.4 Å². The summed E-state index contributed by atoms with van der Waals surface area (Å²) in [5.74, 6) is 0. The number of nitrogens with one attached hydrogen (secondary N) is 1. The summed E-state index contributed by atoms with van der Waals surface area (Å²) in [6.07, 6.45) is 0. The molecule has 0 bridgehead atoms. The van der Waals surface area contributed by atoms with Crippen molar-refractivity contribution < 1.29 is 4.92 Å². The van der Waals surface area contributed by atoms with Crippen molar-refractivity contribution in [2.45, 2.75) is 13.5 Å². The fraction of sp³-hybridized carbons (Fsp3) is 0.167. The topological polar surface area (TPSA) is 81.2 Å². The van der Waals surface area contributed by atoms with Crippen LogP contribution in [0.4, 0.5) is 17.1 Å². The molecule has 1 heterocycles. The number of nitrogens with zero attached hydrogens (tertiary/aromatic N) is 1. The van der Waals surface area contributed by atoms with Gasteiger partial charge >= 0.3 is 0 Å². The summed E-state index contributed by atoms with van der Waals surface area (Å²) in [5, 5.41) is 15.8. The van der Waals surface area contributed by atoms with Gasteiger partial charge in [-0.25, -0.2) is 0 Å². The van der Waals surface area contributed by atoms with E-state index in [-0.39, 0.29) is 5.69 Å². The highest BCUT2D eigenvalue weighted by molar-refractivity contribution is 7.10. The summed E-state index contributed by atoms with van der Waals surface area (Å²) in [4.78, 5) is 11.4. The molecule has 1 aromatic heterocycles. The van der Waals surface area contributed by atoms with Crippen molar-refractivity contribution in [3.05, 3.63) is 50.2 Å². The fourth-order valence-electron chi connectivity index (χ4n) is 1.59. The molecule has 0 spiro atoms. The number of aryl methyl sites for hydroxylation is 1. The normalized spacial score (nSPS) is 10.3. The van der Waals surface area contributed by atoms with E-state index in [1.807, 2.05) is 12.3 Å². The smallest absolute Gasteiger partial charge is 0.271 e. The third kappa shape index (κ3) is 2.60. The van der Waals surface area contributed by atoms with Crippen LogP contribution in [0.2, 0.25) is 0 Å². The summed E-state index contributed by atoms with van der Waals surface area (Å²) < 4.78 is 0. The molecule has 2 rings (SSSR count). The number of anilines is 2. The Morgan fingerprint density at radius 3 is 2.78 bits per heavy atom. The second kappa shape index (κ2) is 5.05. The lowest BCUT2D eigenvalue weighted by atomic mass is 10.2. The predicted octanol–water partition coefficient (Wildman–Crippen LogP) is 3.16. The van der Waals surface area contributed by atoms with Crippen molar-refractivity contribution in [3.63, 3.8) is 0 Å². The number of nitrogen functional groups attached to an aromatic ring is 1. The first-order valence-electron chi connectivity index (χ1n) is 5.38. The number of thiophene rings is 1. The van der Waals surface area contributed by atoms with E-state index in [1.54, 1.807) is 17.4 Å². The monoisotopic (exact) mass is 263 g/mol. The van der Waals surface area contributed by atoms with Gasteiger partial charge in [-0.05, 0) is 30.0 Å². The van der Waals surface area contributed by atoms with Gasteiger partial charge in [-0.15, -0.1) is 11.3 Å². The number of non-ortho nitro benzene ring substituents is 1. The van der Waals surface area contributed by atoms with E-state index in [0.717, 1.165) is 0 Å². The van der Waals surface area contributed by atoms with Crippen LogP contribution < -0.4 is 11.1 Å². The molecular weight excluding hydrogens is 250 g/mol. The molecule has 0 fully saturated rings. The molecule has 0 aliphatic carbocycles. The van der Waals surface area contributed by atoms with Crippen molar-refractivity contribution in [3.8, 4) is 0 Å². The quantitative estimate of drug-likeness (QED) is 0.504. The maximum atomic E-state index is 10.6. The molecule has 0 saturated carbocycles. The van der Waals surface area contributed by atoms with Gasteiger partial charge in [0.25, 0.3) is 5.69 Å². The van der Waals surface area contributed by atoms with Crippen LogP contribution in [-0.4, -0.2) is 4.92 Å². The number of benzene rings is 1. The zero-order valence-electron chi connectivity index (χ0n) is 9.84. The van der Waals surface area contributed by atoms with E-state index in [9.17, 15) is 10.1 Å². The van der Waals surface area contributed by atoms with Crippen LogP contribution in [0.25, 0.3) is 0 Å². The molecule has 0 atom stereocenters. The van der Waals surface area contributed by atoms with E-state index in [4.69, 9.17) is 5.73 Å². The standard InChI is InChI=1S/C12H13N3O2S/c1-8-4-5-18-12(8)7-14-11-3-2-9(15(16)17)6-10(11)13/h2-6,14H,7,13H2,1H3. The number of nitro benzene ring substituents is 1. The second-order valence-corrected chi connectivity index (χ2v) is 4.91. The molecule has 0 amide bonds. The van der Waals surface area contributed by atoms with Crippen molar-refractivity contribution in [2.75, 3.05) is 11.1 Å². The Morgan fingerprint density at radius 2 is 2.22 bits per heavy atom. The van der Waals surface area contributed by atoms with Gasteiger partial charge in [0, 0.05) is 23.6 Å². The first-order valence-corrected chi connectivity index (χ1v) is 6.26.